The van der Waals surface area contributed by atoms with Crippen LogP contribution in [-0.4, -0.2) is 62.7 Å². The molecule has 0 radical (unpaired) electrons. The number of aliphatic hydroxyl groups excluding tert-OH is 1. The number of methoxy groups -OCH3 is 4. The van der Waals surface area contributed by atoms with E-state index < -0.39 is 31.4 Å². The van der Waals surface area contributed by atoms with Gasteiger partial charge in [-0.2, -0.15) is 0 Å². The Hall–Kier alpha value is -3.54. The lowest BCUT2D eigenvalue weighted by Gasteiger charge is -2.58. The summed E-state index contributed by atoms with van der Waals surface area (Å²) >= 11 is 0. The van der Waals surface area contributed by atoms with Crippen LogP contribution in [0.1, 0.15) is 44.9 Å². The third-order valence-corrected chi connectivity index (χ3v) is 18.0. The van der Waals surface area contributed by atoms with Gasteiger partial charge in [-0.25, -0.2) is 0 Å². The molecule has 51 heavy (non-hydrogen) atoms. The first kappa shape index (κ1) is 37.2. The summed E-state index contributed by atoms with van der Waals surface area (Å²) in [5.74, 6) is 2.28. The van der Waals surface area contributed by atoms with Gasteiger partial charge in [-0.05, 0) is 129 Å². The molecule has 3 unspecified atom stereocenters. The lowest BCUT2D eigenvalue weighted by atomic mass is 9.54. The average molecular weight is 733 g/mol. The lowest BCUT2D eigenvalue weighted by molar-refractivity contribution is -0.187. The Bertz CT molecular complexity index is 1750. The van der Waals surface area contributed by atoms with Crippen LogP contribution in [0.25, 0.3) is 0 Å². The first-order valence-corrected chi connectivity index (χ1v) is 21.5. The SMILES string of the molecule is COc1ccc(P(=O)(CC2CC(O)C3(CCCCC3)C(O)(CP(=O)(c3ccc(OC)cc3)c3ccc(OC)cc3)C2)c2ccc(OC)cc2)cc1. The molecule has 0 saturated heterocycles. The topological polar surface area (TPSA) is 112 Å². The van der Waals surface area contributed by atoms with E-state index in [0.717, 1.165) is 19.3 Å². The fourth-order valence-corrected chi connectivity index (χ4v) is 14.8. The maximum atomic E-state index is 15.8. The van der Waals surface area contributed by atoms with Crippen LogP contribution in [0.2, 0.25) is 0 Å². The summed E-state index contributed by atoms with van der Waals surface area (Å²) < 4.78 is 52.9. The molecule has 1 spiro atoms. The third kappa shape index (κ3) is 7.13. The minimum absolute atomic E-state index is 0.0540. The van der Waals surface area contributed by atoms with Gasteiger partial charge in [0.2, 0.25) is 0 Å². The van der Waals surface area contributed by atoms with Crippen LogP contribution in [0.15, 0.2) is 97.1 Å². The number of benzene rings is 4. The zero-order valence-corrected chi connectivity index (χ0v) is 31.8. The Labute approximate surface area is 301 Å². The van der Waals surface area contributed by atoms with Crippen LogP contribution in [0.4, 0.5) is 0 Å². The molecule has 2 fully saturated rings. The van der Waals surface area contributed by atoms with Gasteiger partial charge >= 0.3 is 0 Å². The van der Waals surface area contributed by atoms with E-state index in [0.29, 0.717) is 63.5 Å². The zero-order valence-electron chi connectivity index (χ0n) is 30.0. The van der Waals surface area contributed by atoms with Crippen molar-refractivity contribution in [3.63, 3.8) is 0 Å². The van der Waals surface area contributed by atoms with E-state index in [2.05, 4.69) is 0 Å². The standard InChI is InChI=1S/C41H50O8P2/c1-46-31-8-16-35(17-9-31)50(44,36-18-10-32(47-2)11-19-36)28-30-26-39(42)40(24-6-5-7-25-40)41(43,27-30)29-51(45,37-20-12-33(48-3)13-21-37)38-22-14-34(49-4)15-23-38/h8-23,30,39,42-43H,5-7,24-29H2,1-4H3. The number of hydrogen-bond donors (Lipinski definition) is 2. The van der Waals surface area contributed by atoms with E-state index in [1.807, 2.05) is 72.8 Å². The van der Waals surface area contributed by atoms with E-state index >= 15 is 9.13 Å². The summed E-state index contributed by atoms with van der Waals surface area (Å²) in [6.45, 7) is 0. The lowest BCUT2D eigenvalue weighted by Crippen LogP contribution is -2.63. The predicted molar refractivity (Wildman–Crippen MR) is 205 cm³/mol. The molecule has 2 saturated carbocycles. The molecule has 8 nitrogen and oxygen atoms in total. The van der Waals surface area contributed by atoms with Gasteiger partial charge in [-0.15, -0.1) is 0 Å². The van der Waals surface area contributed by atoms with Crippen molar-refractivity contribution in [2.24, 2.45) is 11.3 Å². The molecule has 0 bridgehead atoms. The summed E-state index contributed by atoms with van der Waals surface area (Å²) in [5.41, 5.74) is -2.36. The molecule has 272 valence electrons. The van der Waals surface area contributed by atoms with Gasteiger partial charge in [0, 0.05) is 39.0 Å². The highest BCUT2D eigenvalue weighted by atomic mass is 31.2. The zero-order chi connectivity index (χ0) is 36.3. The minimum atomic E-state index is -3.52. The predicted octanol–water partition coefficient (Wildman–Crippen LogP) is 6.50. The highest BCUT2D eigenvalue weighted by Crippen LogP contribution is 2.62. The van der Waals surface area contributed by atoms with Gasteiger partial charge < -0.3 is 38.3 Å². The quantitative estimate of drug-likeness (QED) is 0.159. The van der Waals surface area contributed by atoms with E-state index in [9.17, 15) is 10.2 Å². The molecule has 10 heteroatoms. The molecular formula is C41H50O8P2. The van der Waals surface area contributed by atoms with Crippen molar-refractivity contribution >= 4 is 35.5 Å². The van der Waals surface area contributed by atoms with Crippen LogP contribution >= 0.6 is 14.3 Å². The Kier molecular flexibility index (Phi) is 11.1. The molecule has 2 aliphatic rings. The smallest absolute Gasteiger partial charge is 0.146 e. The van der Waals surface area contributed by atoms with Crippen LogP contribution < -0.4 is 40.2 Å². The van der Waals surface area contributed by atoms with Crippen molar-refractivity contribution in [2.45, 2.75) is 56.7 Å². The van der Waals surface area contributed by atoms with Crippen molar-refractivity contribution in [3.8, 4) is 23.0 Å². The summed E-state index contributed by atoms with van der Waals surface area (Å²) in [4.78, 5) is 0. The van der Waals surface area contributed by atoms with Crippen molar-refractivity contribution in [1.82, 2.24) is 0 Å². The Morgan fingerprint density at radius 1 is 0.588 bits per heavy atom. The molecule has 0 aromatic heterocycles. The Morgan fingerprint density at radius 3 is 1.29 bits per heavy atom. The number of ether oxygens (including phenoxy) is 4. The van der Waals surface area contributed by atoms with E-state index in [1.54, 1.807) is 52.7 Å². The molecule has 4 aromatic rings. The molecule has 2 N–H and O–H groups in total. The van der Waals surface area contributed by atoms with Crippen molar-refractivity contribution < 1.29 is 38.3 Å². The van der Waals surface area contributed by atoms with Crippen molar-refractivity contribution in [2.75, 3.05) is 40.8 Å². The molecule has 0 heterocycles. The van der Waals surface area contributed by atoms with Gasteiger partial charge in [0.05, 0.1) is 40.1 Å². The third-order valence-electron chi connectivity index (χ3n) is 11.5. The first-order valence-electron chi connectivity index (χ1n) is 17.7. The first-order chi connectivity index (χ1) is 24.5. The molecule has 2 aliphatic carbocycles. The maximum absolute atomic E-state index is 15.8. The van der Waals surface area contributed by atoms with Gasteiger partial charge in [0.25, 0.3) is 0 Å². The molecule has 0 aliphatic heterocycles. The maximum Gasteiger partial charge on any atom is 0.146 e. The second-order valence-corrected chi connectivity index (χ2v) is 19.9. The van der Waals surface area contributed by atoms with E-state index in [4.69, 9.17) is 18.9 Å². The summed E-state index contributed by atoms with van der Waals surface area (Å²) in [6, 6.07) is 29.1. The second kappa shape index (κ2) is 15.2. The van der Waals surface area contributed by atoms with Gasteiger partial charge in [-0.3, -0.25) is 0 Å². The number of rotatable bonds is 12. The Morgan fingerprint density at radius 2 is 0.941 bits per heavy atom. The fraction of sp³-hybridized carbons (Fsp3) is 0.415. The Balaban J connectivity index is 1.44. The van der Waals surface area contributed by atoms with Crippen molar-refractivity contribution in [3.05, 3.63) is 97.1 Å². The van der Waals surface area contributed by atoms with Crippen molar-refractivity contribution in [1.29, 1.82) is 0 Å². The molecule has 4 aromatic carbocycles. The summed E-state index contributed by atoms with van der Waals surface area (Å²) in [5, 5.41) is 28.1. The van der Waals surface area contributed by atoms with Crippen LogP contribution in [0, 0.1) is 11.3 Å². The normalized spacial score (nSPS) is 21.9. The van der Waals surface area contributed by atoms with E-state index in [1.165, 1.54) is 0 Å². The number of aliphatic hydroxyl groups is 2. The highest BCUT2D eigenvalue weighted by molar-refractivity contribution is 7.79. The molecule has 0 amide bonds. The fourth-order valence-electron chi connectivity index (χ4n) is 8.67. The summed E-state index contributed by atoms with van der Waals surface area (Å²) in [7, 11) is -0.446. The number of hydrogen-bond acceptors (Lipinski definition) is 8. The van der Waals surface area contributed by atoms with Gasteiger partial charge in [0.15, 0.2) is 0 Å². The van der Waals surface area contributed by atoms with Crippen LogP contribution in [-0.2, 0) is 9.13 Å². The summed E-state index contributed by atoms with van der Waals surface area (Å²) in [6.07, 6.45) is 4.01. The second-order valence-electron chi connectivity index (χ2n) is 14.2. The molecular weight excluding hydrogens is 682 g/mol. The molecule has 3 atom stereocenters. The molecule has 6 rings (SSSR count). The van der Waals surface area contributed by atoms with Crippen LogP contribution in [0.5, 0.6) is 23.0 Å². The monoisotopic (exact) mass is 732 g/mol. The largest absolute Gasteiger partial charge is 0.497 e. The van der Waals surface area contributed by atoms with E-state index in [-0.39, 0.29) is 24.7 Å². The average Bonchev–Trinajstić information content (AvgIpc) is 3.17. The highest BCUT2D eigenvalue weighted by Gasteiger charge is 2.61. The van der Waals surface area contributed by atoms with Crippen LogP contribution in [0.3, 0.4) is 0 Å². The van der Waals surface area contributed by atoms with Gasteiger partial charge in [0.1, 0.15) is 37.3 Å². The van der Waals surface area contributed by atoms with Gasteiger partial charge in [-0.1, -0.05) is 19.3 Å². The minimum Gasteiger partial charge on any atom is -0.497 e.